The minimum absolute atomic E-state index is 0.0304. The number of rotatable bonds is 7. The monoisotopic (exact) mass is 305 g/mol. The molecule has 22 heavy (non-hydrogen) atoms. The van der Waals surface area contributed by atoms with E-state index < -0.39 is 5.97 Å². The van der Waals surface area contributed by atoms with Crippen molar-refractivity contribution in [3.8, 4) is 5.75 Å². The van der Waals surface area contributed by atoms with Crippen molar-refractivity contribution in [2.24, 2.45) is 5.92 Å². The summed E-state index contributed by atoms with van der Waals surface area (Å²) in [4.78, 5) is 23.4. The van der Waals surface area contributed by atoms with E-state index in [-0.39, 0.29) is 25.0 Å². The number of carbonyl (C=O) groups is 2. The fraction of sp³-hybridized carbons (Fsp3) is 0.529. The molecule has 1 N–H and O–H groups in total. The summed E-state index contributed by atoms with van der Waals surface area (Å²) in [6, 6.07) is 9.34. The largest absolute Gasteiger partial charge is 0.490 e. The lowest BCUT2D eigenvalue weighted by molar-refractivity contribution is -0.145. The molecule has 2 rings (SSSR count). The Morgan fingerprint density at radius 2 is 1.77 bits per heavy atom. The number of carbonyl (C=O) groups excluding carboxylic acids is 2. The third-order valence-electron chi connectivity index (χ3n) is 3.74. The number of nitrogens with one attached hydrogen (secondary N) is 1. The molecule has 120 valence electrons. The summed E-state index contributed by atoms with van der Waals surface area (Å²) in [5.74, 6) is 0.338. The van der Waals surface area contributed by atoms with E-state index in [1.54, 1.807) is 0 Å². The molecule has 0 bridgehead atoms. The Kier molecular flexibility index (Phi) is 6.74. The van der Waals surface area contributed by atoms with Gasteiger partial charge in [-0.2, -0.15) is 0 Å². The predicted octanol–water partition coefficient (Wildman–Crippen LogP) is 2.31. The van der Waals surface area contributed by atoms with Gasteiger partial charge in [0, 0.05) is 5.92 Å². The molecular weight excluding hydrogens is 282 g/mol. The molecule has 0 unspecified atom stereocenters. The fourth-order valence-corrected chi connectivity index (χ4v) is 2.55. The van der Waals surface area contributed by atoms with Crippen LogP contribution in [0.5, 0.6) is 5.75 Å². The highest BCUT2D eigenvalue weighted by Gasteiger charge is 2.21. The first-order valence-electron chi connectivity index (χ1n) is 7.87. The lowest BCUT2D eigenvalue weighted by Crippen LogP contribution is -2.36. The van der Waals surface area contributed by atoms with Gasteiger partial charge in [-0.25, -0.2) is 0 Å². The lowest BCUT2D eigenvalue weighted by Gasteiger charge is -2.20. The third kappa shape index (κ3) is 5.76. The van der Waals surface area contributed by atoms with E-state index >= 15 is 0 Å². The van der Waals surface area contributed by atoms with E-state index in [0.29, 0.717) is 6.61 Å². The van der Waals surface area contributed by atoms with Crippen LogP contribution < -0.4 is 10.1 Å². The van der Waals surface area contributed by atoms with E-state index in [9.17, 15) is 9.59 Å². The summed E-state index contributed by atoms with van der Waals surface area (Å²) in [5.41, 5.74) is 0. The highest BCUT2D eigenvalue weighted by molar-refractivity contribution is 5.83. The number of benzene rings is 1. The number of esters is 1. The minimum Gasteiger partial charge on any atom is -0.490 e. The second kappa shape index (κ2) is 9.07. The molecule has 0 atom stereocenters. The molecule has 1 aromatic carbocycles. The van der Waals surface area contributed by atoms with E-state index in [0.717, 1.165) is 31.4 Å². The van der Waals surface area contributed by atoms with Gasteiger partial charge in [-0.1, -0.05) is 37.5 Å². The van der Waals surface area contributed by atoms with Crippen molar-refractivity contribution >= 4 is 11.9 Å². The van der Waals surface area contributed by atoms with Crippen LogP contribution in [0, 0.1) is 5.92 Å². The van der Waals surface area contributed by atoms with Crippen molar-refractivity contribution in [2.45, 2.75) is 32.1 Å². The first-order valence-corrected chi connectivity index (χ1v) is 7.87. The zero-order chi connectivity index (χ0) is 15.6. The van der Waals surface area contributed by atoms with Crippen LogP contribution in [0.25, 0.3) is 0 Å². The zero-order valence-electron chi connectivity index (χ0n) is 12.8. The van der Waals surface area contributed by atoms with Crippen molar-refractivity contribution in [1.82, 2.24) is 5.32 Å². The zero-order valence-corrected chi connectivity index (χ0v) is 12.8. The van der Waals surface area contributed by atoms with Crippen LogP contribution in [0.4, 0.5) is 0 Å². The van der Waals surface area contributed by atoms with Crippen LogP contribution >= 0.6 is 0 Å². The van der Waals surface area contributed by atoms with Gasteiger partial charge in [-0.15, -0.1) is 0 Å². The average Bonchev–Trinajstić information content (AvgIpc) is 2.58. The Hall–Kier alpha value is -2.04. The Morgan fingerprint density at radius 1 is 1.05 bits per heavy atom. The average molecular weight is 305 g/mol. The lowest BCUT2D eigenvalue weighted by atomic mass is 9.89. The topological polar surface area (TPSA) is 64.6 Å². The van der Waals surface area contributed by atoms with E-state index in [1.807, 2.05) is 30.3 Å². The second-order valence-electron chi connectivity index (χ2n) is 5.43. The fourth-order valence-electron chi connectivity index (χ4n) is 2.55. The standard InChI is InChI=1S/C17H23NO4/c19-16(13-18-17(20)14-7-3-1-4-8-14)22-12-11-21-15-9-5-2-6-10-15/h2,5-6,9-10,14H,1,3-4,7-8,11-13H2,(H,18,20). The molecule has 0 aromatic heterocycles. The number of hydrogen-bond donors (Lipinski definition) is 1. The van der Waals surface area contributed by atoms with Crippen molar-refractivity contribution in [3.05, 3.63) is 30.3 Å². The van der Waals surface area contributed by atoms with Crippen LogP contribution in [-0.4, -0.2) is 31.6 Å². The molecule has 1 aromatic rings. The molecule has 1 fully saturated rings. The summed E-state index contributed by atoms with van der Waals surface area (Å²) < 4.78 is 10.4. The van der Waals surface area contributed by atoms with E-state index in [2.05, 4.69) is 5.32 Å². The summed E-state index contributed by atoms with van der Waals surface area (Å²) in [7, 11) is 0. The molecular formula is C17H23NO4. The molecule has 0 spiro atoms. The molecule has 1 saturated carbocycles. The van der Waals surface area contributed by atoms with E-state index in [4.69, 9.17) is 9.47 Å². The minimum atomic E-state index is -0.430. The van der Waals surface area contributed by atoms with Crippen LogP contribution in [0.2, 0.25) is 0 Å². The maximum Gasteiger partial charge on any atom is 0.325 e. The number of ether oxygens (including phenoxy) is 2. The van der Waals surface area contributed by atoms with Gasteiger partial charge in [-0.05, 0) is 25.0 Å². The van der Waals surface area contributed by atoms with Crippen LogP contribution in [0.3, 0.4) is 0 Å². The van der Waals surface area contributed by atoms with Gasteiger partial charge < -0.3 is 14.8 Å². The third-order valence-corrected chi connectivity index (χ3v) is 3.74. The normalized spacial score (nSPS) is 15.1. The Balaban J connectivity index is 1.55. The van der Waals surface area contributed by atoms with Gasteiger partial charge in [0.05, 0.1) is 0 Å². The Morgan fingerprint density at radius 3 is 2.50 bits per heavy atom. The van der Waals surface area contributed by atoms with Crippen molar-refractivity contribution in [3.63, 3.8) is 0 Å². The van der Waals surface area contributed by atoms with Crippen molar-refractivity contribution in [1.29, 1.82) is 0 Å². The summed E-state index contributed by atoms with van der Waals surface area (Å²) in [5, 5.41) is 2.66. The smallest absolute Gasteiger partial charge is 0.325 e. The first kappa shape index (κ1) is 16.3. The Bertz CT molecular complexity index is 469. The molecule has 0 aliphatic heterocycles. The molecule has 0 saturated heterocycles. The molecule has 1 aliphatic rings. The summed E-state index contributed by atoms with van der Waals surface area (Å²) in [6.07, 6.45) is 5.24. The highest BCUT2D eigenvalue weighted by Crippen LogP contribution is 2.23. The predicted molar refractivity (Wildman–Crippen MR) is 82.5 cm³/mol. The maximum absolute atomic E-state index is 11.9. The molecule has 5 heteroatoms. The highest BCUT2D eigenvalue weighted by atomic mass is 16.6. The van der Waals surface area contributed by atoms with Crippen molar-refractivity contribution in [2.75, 3.05) is 19.8 Å². The second-order valence-corrected chi connectivity index (χ2v) is 5.43. The Labute approximate surface area is 131 Å². The van der Waals surface area contributed by atoms with Crippen LogP contribution in [0.15, 0.2) is 30.3 Å². The molecule has 1 amide bonds. The maximum atomic E-state index is 11.9. The number of hydrogen-bond acceptors (Lipinski definition) is 4. The number of para-hydroxylation sites is 1. The molecule has 5 nitrogen and oxygen atoms in total. The number of amides is 1. The SMILES string of the molecule is O=C(CNC(=O)C1CCCCC1)OCCOc1ccccc1. The van der Waals surface area contributed by atoms with Crippen LogP contribution in [-0.2, 0) is 14.3 Å². The first-order chi connectivity index (χ1) is 10.8. The van der Waals surface area contributed by atoms with Crippen molar-refractivity contribution < 1.29 is 19.1 Å². The van der Waals surface area contributed by atoms with E-state index in [1.165, 1.54) is 6.42 Å². The quantitative estimate of drug-likeness (QED) is 0.620. The molecule has 0 heterocycles. The van der Waals surface area contributed by atoms with Gasteiger partial charge in [0.2, 0.25) is 5.91 Å². The van der Waals surface area contributed by atoms with Gasteiger partial charge >= 0.3 is 5.97 Å². The van der Waals surface area contributed by atoms with Gasteiger partial charge in [0.15, 0.2) is 0 Å². The van der Waals surface area contributed by atoms with Gasteiger partial charge in [0.25, 0.3) is 0 Å². The summed E-state index contributed by atoms with van der Waals surface area (Å²) >= 11 is 0. The summed E-state index contributed by atoms with van der Waals surface area (Å²) in [6.45, 7) is 0.403. The van der Waals surface area contributed by atoms with Crippen LogP contribution in [0.1, 0.15) is 32.1 Å². The molecule has 1 aliphatic carbocycles. The van der Waals surface area contributed by atoms with Gasteiger partial charge in [-0.3, -0.25) is 9.59 Å². The molecule has 0 radical (unpaired) electrons. The van der Waals surface area contributed by atoms with Gasteiger partial charge in [0.1, 0.15) is 25.5 Å².